The minimum Gasteiger partial charge on any atom is -0.377 e. The molecule has 0 radical (unpaired) electrons. The molecule has 0 aromatic heterocycles. The molecular weight excluding hydrogens is 263 g/mol. The van der Waals surface area contributed by atoms with Gasteiger partial charge in [0.05, 0.1) is 39.6 Å². The fourth-order valence-corrected chi connectivity index (χ4v) is 1.00. The Bertz CT molecular complexity index is 198. The van der Waals surface area contributed by atoms with Crippen LogP contribution < -0.4 is 0 Å². The number of ether oxygens (including phenoxy) is 3. The third-order valence-corrected chi connectivity index (χ3v) is 2.49. The zero-order valence-corrected chi connectivity index (χ0v) is 11.6. The zero-order valence-electron chi connectivity index (χ0n) is 10.1. The summed E-state index contributed by atoms with van der Waals surface area (Å²) in [4.78, 5) is 0. The van der Waals surface area contributed by atoms with Gasteiger partial charge in [-0.3, -0.25) is 0 Å². The fraction of sp³-hybridized carbons (Fsp3) is 0.667. The van der Waals surface area contributed by atoms with Gasteiger partial charge in [0.15, 0.2) is 0 Å². The van der Waals surface area contributed by atoms with Crippen LogP contribution in [0.25, 0.3) is 0 Å². The SMILES string of the molecule is C=C(CCl)COCCOCCOCC(=C)CCl. The number of halogens is 2. The zero-order chi connectivity index (χ0) is 12.9. The molecular formula is C12H20Cl2O3. The summed E-state index contributed by atoms with van der Waals surface area (Å²) in [6.45, 7) is 10.5. The lowest BCUT2D eigenvalue weighted by Crippen LogP contribution is -2.11. The van der Waals surface area contributed by atoms with Crippen molar-refractivity contribution in [3.63, 3.8) is 0 Å². The van der Waals surface area contributed by atoms with Gasteiger partial charge in [0, 0.05) is 11.8 Å². The van der Waals surface area contributed by atoms with E-state index in [0.29, 0.717) is 51.4 Å². The third-order valence-electron chi connectivity index (χ3n) is 1.73. The standard InChI is InChI=1S/C12H20Cl2O3/c1-11(7-13)9-16-5-3-15-4-6-17-10-12(2)8-14/h1-10H2. The van der Waals surface area contributed by atoms with Crippen molar-refractivity contribution in [2.24, 2.45) is 0 Å². The summed E-state index contributed by atoms with van der Waals surface area (Å²) in [5.74, 6) is 0.859. The Morgan fingerprint density at radius 3 is 1.41 bits per heavy atom. The monoisotopic (exact) mass is 282 g/mol. The van der Waals surface area contributed by atoms with Gasteiger partial charge in [0.2, 0.25) is 0 Å². The predicted octanol–water partition coefficient (Wildman–Crippen LogP) is 2.63. The van der Waals surface area contributed by atoms with E-state index in [1.165, 1.54) is 0 Å². The Kier molecular flexibility index (Phi) is 12.4. The first-order valence-electron chi connectivity index (χ1n) is 5.39. The Hall–Kier alpha value is -0.0600. The van der Waals surface area contributed by atoms with Crippen LogP contribution in [0.5, 0.6) is 0 Å². The molecule has 0 saturated heterocycles. The molecule has 0 bridgehead atoms. The quantitative estimate of drug-likeness (QED) is 0.313. The largest absolute Gasteiger partial charge is 0.377 e. The maximum atomic E-state index is 5.54. The highest BCUT2D eigenvalue weighted by atomic mass is 35.5. The summed E-state index contributed by atoms with van der Waals surface area (Å²) in [5, 5.41) is 0. The molecule has 0 atom stereocenters. The van der Waals surface area contributed by atoms with E-state index in [2.05, 4.69) is 13.2 Å². The lowest BCUT2D eigenvalue weighted by Gasteiger charge is -2.07. The Balaban J connectivity index is 3.08. The van der Waals surface area contributed by atoms with E-state index in [1.54, 1.807) is 0 Å². The van der Waals surface area contributed by atoms with E-state index in [4.69, 9.17) is 37.4 Å². The summed E-state index contributed by atoms with van der Waals surface area (Å²) in [5.41, 5.74) is 1.74. The van der Waals surface area contributed by atoms with Gasteiger partial charge in [-0.15, -0.1) is 23.2 Å². The topological polar surface area (TPSA) is 27.7 Å². The summed E-state index contributed by atoms with van der Waals surface area (Å²) < 4.78 is 15.8. The van der Waals surface area contributed by atoms with E-state index < -0.39 is 0 Å². The van der Waals surface area contributed by atoms with Crippen LogP contribution in [0.15, 0.2) is 24.3 Å². The number of rotatable bonds is 12. The van der Waals surface area contributed by atoms with Gasteiger partial charge in [-0.05, 0) is 11.1 Å². The minimum atomic E-state index is 0.430. The van der Waals surface area contributed by atoms with Gasteiger partial charge in [-0.25, -0.2) is 0 Å². The molecule has 0 rings (SSSR count). The number of alkyl halides is 2. The molecule has 0 N–H and O–H groups in total. The minimum absolute atomic E-state index is 0.430. The normalized spacial score (nSPS) is 10.5. The predicted molar refractivity (Wildman–Crippen MR) is 72.2 cm³/mol. The molecule has 0 saturated carbocycles. The van der Waals surface area contributed by atoms with Crippen LogP contribution in [0.2, 0.25) is 0 Å². The molecule has 0 aliphatic carbocycles. The average molecular weight is 283 g/mol. The molecule has 0 aliphatic heterocycles. The lowest BCUT2D eigenvalue weighted by molar-refractivity contribution is 0.0232. The Morgan fingerprint density at radius 2 is 1.06 bits per heavy atom. The highest BCUT2D eigenvalue weighted by Gasteiger charge is 1.95. The maximum Gasteiger partial charge on any atom is 0.0704 e. The van der Waals surface area contributed by atoms with Gasteiger partial charge >= 0.3 is 0 Å². The lowest BCUT2D eigenvalue weighted by atomic mass is 10.4. The molecule has 0 amide bonds. The second-order valence-electron chi connectivity index (χ2n) is 3.48. The van der Waals surface area contributed by atoms with Gasteiger partial charge < -0.3 is 14.2 Å². The summed E-state index contributed by atoms with van der Waals surface area (Å²) in [7, 11) is 0. The highest BCUT2D eigenvalue weighted by molar-refractivity contribution is 6.19. The fourth-order valence-electron chi connectivity index (χ4n) is 0.848. The molecule has 0 aliphatic rings. The molecule has 0 aromatic rings. The first-order valence-corrected chi connectivity index (χ1v) is 6.46. The Labute approximate surface area is 113 Å². The van der Waals surface area contributed by atoms with Crippen LogP contribution in [0.1, 0.15) is 0 Å². The first-order chi connectivity index (χ1) is 8.20. The van der Waals surface area contributed by atoms with Gasteiger partial charge in [0.25, 0.3) is 0 Å². The van der Waals surface area contributed by atoms with E-state index in [-0.39, 0.29) is 0 Å². The second kappa shape index (κ2) is 12.4. The summed E-state index contributed by atoms with van der Waals surface area (Å²) in [6, 6.07) is 0. The van der Waals surface area contributed by atoms with Gasteiger partial charge in [0.1, 0.15) is 0 Å². The molecule has 100 valence electrons. The van der Waals surface area contributed by atoms with E-state index >= 15 is 0 Å². The van der Waals surface area contributed by atoms with Crippen molar-refractivity contribution in [2.75, 3.05) is 51.4 Å². The van der Waals surface area contributed by atoms with Crippen molar-refractivity contribution in [1.29, 1.82) is 0 Å². The number of hydrogen-bond acceptors (Lipinski definition) is 3. The summed E-state index contributed by atoms with van der Waals surface area (Å²) >= 11 is 11.1. The Morgan fingerprint density at radius 1 is 0.706 bits per heavy atom. The van der Waals surface area contributed by atoms with E-state index in [0.717, 1.165) is 11.1 Å². The van der Waals surface area contributed by atoms with Crippen molar-refractivity contribution in [3.05, 3.63) is 24.3 Å². The van der Waals surface area contributed by atoms with Crippen LogP contribution in [0.4, 0.5) is 0 Å². The third kappa shape index (κ3) is 12.2. The smallest absolute Gasteiger partial charge is 0.0704 e. The number of hydrogen-bond donors (Lipinski definition) is 0. The molecule has 0 fully saturated rings. The van der Waals surface area contributed by atoms with Crippen LogP contribution >= 0.6 is 23.2 Å². The van der Waals surface area contributed by atoms with Crippen LogP contribution in [-0.4, -0.2) is 51.4 Å². The molecule has 3 nitrogen and oxygen atoms in total. The van der Waals surface area contributed by atoms with Crippen molar-refractivity contribution >= 4 is 23.2 Å². The molecule has 0 unspecified atom stereocenters. The van der Waals surface area contributed by atoms with E-state index in [9.17, 15) is 0 Å². The van der Waals surface area contributed by atoms with Crippen molar-refractivity contribution in [1.82, 2.24) is 0 Å². The summed E-state index contributed by atoms with van der Waals surface area (Å²) in [6.07, 6.45) is 0. The first kappa shape index (κ1) is 16.9. The van der Waals surface area contributed by atoms with E-state index in [1.807, 2.05) is 0 Å². The molecule has 0 aromatic carbocycles. The maximum absolute atomic E-state index is 5.54. The highest BCUT2D eigenvalue weighted by Crippen LogP contribution is 1.95. The average Bonchev–Trinajstić information content (AvgIpc) is 2.35. The molecule has 5 heteroatoms. The molecule has 0 heterocycles. The van der Waals surface area contributed by atoms with Gasteiger partial charge in [-0.1, -0.05) is 13.2 Å². The van der Waals surface area contributed by atoms with Crippen molar-refractivity contribution < 1.29 is 14.2 Å². The molecule has 17 heavy (non-hydrogen) atoms. The van der Waals surface area contributed by atoms with Crippen LogP contribution in [-0.2, 0) is 14.2 Å². The van der Waals surface area contributed by atoms with Crippen molar-refractivity contribution in [2.45, 2.75) is 0 Å². The van der Waals surface area contributed by atoms with Crippen LogP contribution in [0, 0.1) is 0 Å². The van der Waals surface area contributed by atoms with Crippen molar-refractivity contribution in [3.8, 4) is 0 Å². The molecule has 0 spiro atoms. The second-order valence-corrected chi connectivity index (χ2v) is 4.02. The van der Waals surface area contributed by atoms with Crippen LogP contribution in [0.3, 0.4) is 0 Å². The van der Waals surface area contributed by atoms with Gasteiger partial charge in [-0.2, -0.15) is 0 Å².